The molecule has 2 aromatic carbocycles. The van der Waals surface area contributed by atoms with Gasteiger partial charge in [-0.3, -0.25) is 9.59 Å². The number of carbonyl (C=O) groups is 2. The number of Topliss-reactive ketones (excluding diaryl/α,β-unsaturated/α-hetero) is 2. The molecule has 3 aliphatic rings. The van der Waals surface area contributed by atoms with E-state index in [0.29, 0.717) is 62.9 Å². The molecule has 1 aliphatic heterocycles. The Morgan fingerprint density at radius 3 is 1.93 bits per heavy atom. The molecule has 0 amide bonds. The highest BCUT2D eigenvalue weighted by molar-refractivity contribution is 9.11. The number of ketones is 2. The Morgan fingerprint density at radius 2 is 1.43 bits per heavy atom. The number of hydrogen-bond acceptors (Lipinski definition) is 6. The summed E-state index contributed by atoms with van der Waals surface area (Å²) in [5.41, 5.74) is 2.92. The van der Waals surface area contributed by atoms with Crippen molar-refractivity contribution in [2.24, 2.45) is 10.8 Å². The standard InChI is InChI=1S/C32H34Br2ClNO5S/c1-6-11-36-23-14-31(2,3)16-25(37)28(23)27(29-24(36)15-32(4,5)17-26(29)38)21-12-18(33)13-22(34)30(21)41-42(39,40)20-9-7-19(35)8-10-20/h7-10,12-13,27H,6,11,14-17H2,1-5H3. The Bertz CT molecular complexity index is 1600. The van der Waals surface area contributed by atoms with Crippen LogP contribution in [0.2, 0.25) is 5.02 Å². The lowest BCUT2D eigenvalue weighted by atomic mass is 9.63. The van der Waals surface area contributed by atoms with E-state index in [9.17, 15) is 18.0 Å². The third-order valence-corrected chi connectivity index (χ3v) is 10.6. The van der Waals surface area contributed by atoms with Crippen molar-refractivity contribution in [3.05, 3.63) is 78.5 Å². The van der Waals surface area contributed by atoms with Crippen molar-refractivity contribution in [1.29, 1.82) is 0 Å². The molecule has 0 atom stereocenters. The highest BCUT2D eigenvalue weighted by Crippen LogP contribution is 2.56. The smallest absolute Gasteiger partial charge is 0.339 e. The van der Waals surface area contributed by atoms with E-state index in [1.807, 2.05) is 0 Å². The number of allylic oxidation sites excluding steroid dienone is 4. The molecule has 0 spiro atoms. The molecule has 1 heterocycles. The third-order valence-electron chi connectivity index (χ3n) is 8.11. The topological polar surface area (TPSA) is 80.8 Å². The van der Waals surface area contributed by atoms with Crippen LogP contribution in [0.15, 0.2) is 72.8 Å². The lowest BCUT2D eigenvalue weighted by Crippen LogP contribution is -2.44. The van der Waals surface area contributed by atoms with Gasteiger partial charge in [0.1, 0.15) is 4.90 Å². The lowest BCUT2D eigenvalue weighted by Gasteiger charge is -2.49. The van der Waals surface area contributed by atoms with E-state index < -0.39 is 16.0 Å². The molecule has 42 heavy (non-hydrogen) atoms. The van der Waals surface area contributed by atoms with Gasteiger partial charge in [0.15, 0.2) is 17.3 Å². The molecule has 0 saturated carbocycles. The van der Waals surface area contributed by atoms with Gasteiger partial charge in [-0.05, 0) is 82.4 Å². The number of hydrogen-bond donors (Lipinski definition) is 0. The van der Waals surface area contributed by atoms with Gasteiger partial charge in [0, 0.05) is 62.9 Å². The van der Waals surface area contributed by atoms with Crippen LogP contribution in [0.5, 0.6) is 5.75 Å². The van der Waals surface area contributed by atoms with Crippen molar-refractivity contribution in [3.63, 3.8) is 0 Å². The lowest BCUT2D eigenvalue weighted by molar-refractivity contribution is -0.119. The van der Waals surface area contributed by atoms with Crippen LogP contribution in [0, 0.1) is 10.8 Å². The summed E-state index contributed by atoms with van der Waals surface area (Å²) in [7, 11) is -4.29. The minimum absolute atomic E-state index is 0.0286. The van der Waals surface area contributed by atoms with Crippen molar-refractivity contribution in [3.8, 4) is 5.75 Å². The van der Waals surface area contributed by atoms with Crippen molar-refractivity contribution < 1.29 is 22.2 Å². The van der Waals surface area contributed by atoms with Crippen molar-refractivity contribution >= 4 is 65.1 Å². The first kappa shape index (κ1) is 31.5. The van der Waals surface area contributed by atoms with E-state index in [1.54, 1.807) is 12.1 Å². The minimum atomic E-state index is -4.29. The first-order valence-corrected chi connectivity index (χ1v) is 17.4. The molecule has 0 aromatic heterocycles. The number of benzene rings is 2. The second-order valence-electron chi connectivity index (χ2n) is 13.0. The predicted octanol–water partition coefficient (Wildman–Crippen LogP) is 8.73. The van der Waals surface area contributed by atoms with Crippen molar-refractivity contribution in [2.75, 3.05) is 6.54 Å². The number of carbonyl (C=O) groups excluding carboxylic acids is 2. The van der Waals surface area contributed by atoms with Crippen LogP contribution < -0.4 is 4.18 Å². The van der Waals surface area contributed by atoms with Crippen LogP contribution in [0.1, 0.15) is 78.2 Å². The first-order valence-electron chi connectivity index (χ1n) is 14.0. The first-order chi connectivity index (χ1) is 19.5. The monoisotopic (exact) mass is 737 g/mol. The molecule has 0 bridgehead atoms. The Labute approximate surface area is 269 Å². The van der Waals surface area contributed by atoms with Crippen molar-refractivity contribution in [2.45, 2.75) is 77.5 Å². The molecule has 2 aromatic rings. The summed E-state index contributed by atoms with van der Waals surface area (Å²) in [6, 6.07) is 9.20. The Kier molecular flexibility index (Phi) is 8.40. The van der Waals surface area contributed by atoms with Crippen LogP contribution in [0.25, 0.3) is 0 Å². The Morgan fingerprint density at radius 1 is 0.905 bits per heavy atom. The fraction of sp³-hybridized carbons (Fsp3) is 0.438. The molecule has 0 fully saturated rings. The van der Waals surface area contributed by atoms with E-state index >= 15 is 0 Å². The molecule has 10 heteroatoms. The molecule has 0 radical (unpaired) electrons. The summed E-state index contributed by atoms with van der Waals surface area (Å²) in [6.07, 6.45) is 2.85. The van der Waals surface area contributed by atoms with Gasteiger partial charge in [0.05, 0.1) is 4.47 Å². The predicted molar refractivity (Wildman–Crippen MR) is 171 cm³/mol. The molecular weight excluding hydrogens is 706 g/mol. The molecule has 0 saturated heterocycles. The van der Waals surface area contributed by atoms with E-state index in [1.165, 1.54) is 24.3 Å². The molecule has 0 N–H and O–H groups in total. The maximum absolute atomic E-state index is 14.1. The summed E-state index contributed by atoms with van der Waals surface area (Å²) in [5.74, 6) is -0.770. The van der Waals surface area contributed by atoms with E-state index in [2.05, 4.69) is 71.4 Å². The van der Waals surface area contributed by atoms with Gasteiger partial charge in [-0.15, -0.1) is 0 Å². The Hall–Kier alpha value is -1.94. The molecule has 6 nitrogen and oxygen atoms in total. The van der Waals surface area contributed by atoms with Gasteiger partial charge in [0.25, 0.3) is 0 Å². The average molecular weight is 740 g/mol. The van der Waals surface area contributed by atoms with Gasteiger partial charge < -0.3 is 9.08 Å². The summed E-state index contributed by atoms with van der Waals surface area (Å²) in [5, 5.41) is 0.398. The van der Waals surface area contributed by atoms with Crippen LogP contribution in [-0.2, 0) is 19.7 Å². The van der Waals surface area contributed by atoms with Gasteiger partial charge in [0.2, 0.25) is 0 Å². The largest absolute Gasteiger partial charge is 0.377 e. The van der Waals surface area contributed by atoms with Gasteiger partial charge in [-0.1, -0.05) is 62.1 Å². The number of halogens is 3. The fourth-order valence-corrected chi connectivity index (χ4v) is 9.04. The second kappa shape index (κ2) is 11.2. The van der Waals surface area contributed by atoms with Crippen LogP contribution >= 0.6 is 43.5 Å². The maximum Gasteiger partial charge on any atom is 0.339 e. The van der Waals surface area contributed by atoms with Gasteiger partial charge in [-0.25, -0.2) is 0 Å². The van der Waals surface area contributed by atoms with Gasteiger partial charge in [-0.2, -0.15) is 8.42 Å². The molecule has 224 valence electrons. The zero-order chi connectivity index (χ0) is 30.8. The average Bonchev–Trinajstić information content (AvgIpc) is 2.85. The minimum Gasteiger partial charge on any atom is -0.377 e. The highest BCUT2D eigenvalue weighted by atomic mass is 79.9. The molecular formula is C32H34Br2ClNO5S. The normalized spacial score (nSPS) is 20.5. The summed E-state index contributed by atoms with van der Waals surface area (Å²) in [4.78, 5) is 30.3. The van der Waals surface area contributed by atoms with Gasteiger partial charge >= 0.3 is 10.1 Å². The molecule has 5 rings (SSSR count). The SMILES string of the molecule is CCCN1C2=C(C(=O)CC(C)(C)C2)C(c2cc(Br)cc(Br)c2OS(=O)(=O)c2ccc(Cl)cc2)C2=C1CC(C)(C)CC2=O. The van der Waals surface area contributed by atoms with E-state index in [-0.39, 0.29) is 33.0 Å². The number of nitrogens with zero attached hydrogens (tertiary/aromatic N) is 1. The van der Waals surface area contributed by atoms with Crippen LogP contribution in [0.3, 0.4) is 0 Å². The molecule has 0 unspecified atom stereocenters. The summed E-state index contributed by atoms with van der Waals surface area (Å²) < 4.78 is 34.0. The Balaban J connectivity index is 1.79. The maximum atomic E-state index is 14.1. The quantitative estimate of drug-likeness (QED) is 0.276. The summed E-state index contributed by atoms with van der Waals surface area (Å²) >= 11 is 13.1. The zero-order valence-electron chi connectivity index (χ0n) is 24.3. The summed E-state index contributed by atoms with van der Waals surface area (Å²) in [6.45, 7) is 11.2. The number of rotatable bonds is 6. The van der Waals surface area contributed by atoms with Crippen LogP contribution in [0.4, 0.5) is 0 Å². The van der Waals surface area contributed by atoms with E-state index in [4.69, 9.17) is 15.8 Å². The van der Waals surface area contributed by atoms with Crippen LogP contribution in [-0.4, -0.2) is 31.4 Å². The third kappa shape index (κ3) is 5.91. The van der Waals surface area contributed by atoms with E-state index in [0.717, 1.165) is 17.8 Å². The zero-order valence-corrected chi connectivity index (χ0v) is 29.1. The second-order valence-corrected chi connectivity index (χ2v) is 16.7. The molecule has 2 aliphatic carbocycles. The fourth-order valence-electron chi connectivity index (χ4n) is 6.49. The van der Waals surface area contributed by atoms with Crippen molar-refractivity contribution in [1.82, 2.24) is 4.90 Å². The highest BCUT2D eigenvalue weighted by Gasteiger charge is 2.49.